The molecule has 3 heterocycles. The molecular weight excluding hydrogens is 324 g/mol. The van der Waals surface area contributed by atoms with E-state index in [-0.39, 0.29) is 17.3 Å². The summed E-state index contributed by atoms with van der Waals surface area (Å²) in [7, 11) is 0. The monoisotopic (exact) mass is 344 g/mol. The van der Waals surface area contributed by atoms with Crippen molar-refractivity contribution in [2.45, 2.75) is 33.6 Å². The van der Waals surface area contributed by atoms with E-state index in [1.165, 1.54) is 9.58 Å². The van der Waals surface area contributed by atoms with Gasteiger partial charge in [-0.1, -0.05) is 0 Å². The number of rotatable bonds is 2. The molecule has 0 bridgehead atoms. The molecule has 0 saturated carbocycles. The summed E-state index contributed by atoms with van der Waals surface area (Å²) in [6.45, 7) is 6.33. The number of carbonyl (C=O) groups excluding carboxylic acids is 2. The average molecular weight is 344 g/mol. The SMILES string of the molecule is Cc1cc(NC(=O)C(=O)N2CCCC2)n(-c2nc(C)c(C)c(=O)[nH]2)n1. The van der Waals surface area contributed by atoms with Gasteiger partial charge in [-0.2, -0.15) is 9.78 Å². The number of hydrogen-bond donors (Lipinski definition) is 2. The van der Waals surface area contributed by atoms with Crippen molar-refractivity contribution in [3.05, 3.63) is 33.4 Å². The molecule has 9 nitrogen and oxygen atoms in total. The van der Waals surface area contributed by atoms with Gasteiger partial charge in [-0.25, -0.2) is 4.98 Å². The molecule has 1 saturated heterocycles. The van der Waals surface area contributed by atoms with Gasteiger partial charge >= 0.3 is 11.8 Å². The fourth-order valence-corrected chi connectivity index (χ4v) is 2.71. The molecule has 0 unspecified atom stereocenters. The Hall–Kier alpha value is -2.97. The Bertz CT molecular complexity index is 892. The van der Waals surface area contributed by atoms with Crippen molar-refractivity contribution in [2.75, 3.05) is 18.4 Å². The summed E-state index contributed by atoms with van der Waals surface area (Å²) < 4.78 is 1.32. The van der Waals surface area contributed by atoms with E-state index in [2.05, 4.69) is 20.4 Å². The van der Waals surface area contributed by atoms with Crippen LogP contribution in [-0.4, -0.2) is 49.6 Å². The van der Waals surface area contributed by atoms with Crippen molar-refractivity contribution in [3.63, 3.8) is 0 Å². The lowest BCUT2D eigenvalue weighted by Crippen LogP contribution is -2.38. The fraction of sp³-hybridized carbons (Fsp3) is 0.438. The maximum Gasteiger partial charge on any atom is 0.315 e. The van der Waals surface area contributed by atoms with Gasteiger partial charge in [0, 0.05) is 30.4 Å². The number of anilines is 1. The Kier molecular flexibility index (Phi) is 4.39. The first-order chi connectivity index (χ1) is 11.9. The normalized spacial score (nSPS) is 14.0. The Balaban J connectivity index is 1.90. The van der Waals surface area contributed by atoms with Crippen LogP contribution < -0.4 is 10.9 Å². The van der Waals surface area contributed by atoms with Gasteiger partial charge in [-0.15, -0.1) is 0 Å². The smallest absolute Gasteiger partial charge is 0.315 e. The van der Waals surface area contributed by atoms with Crippen LogP contribution in [0.15, 0.2) is 10.9 Å². The van der Waals surface area contributed by atoms with Crippen molar-refractivity contribution in [3.8, 4) is 5.95 Å². The fourth-order valence-electron chi connectivity index (χ4n) is 2.71. The van der Waals surface area contributed by atoms with Crippen molar-refractivity contribution in [2.24, 2.45) is 0 Å². The summed E-state index contributed by atoms with van der Waals surface area (Å²) in [5.41, 5.74) is 1.42. The summed E-state index contributed by atoms with van der Waals surface area (Å²) in [5, 5.41) is 6.82. The second-order valence-corrected chi connectivity index (χ2v) is 6.14. The van der Waals surface area contributed by atoms with Crippen LogP contribution in [-0.2, 0) is 9.59 Å². The molecule has 0 aliphatic carbocycles. The molecule has 0 radical (unpaired) electrons. The number of aromatic nitrogens is 4. The minimum absolute atomic E-state index is 0.185. The van der Waals surface area contributed by atoms with Crippen LogP contribution in [0.5, 0.6) is 0 Å². The maximum absolute atomic E-state index is 12.2. The summed E-state index contributed by atoms with van der Waals surface area (Å²) >= 11 is 0. The molecule has 2 aromatic heterocycles. The first kappa shape index (κ1) is 16.9. The van der Waals surface area contributed by atoms with Gasteiger partial charge in [0.05, 0.1) is 5.69 Å². The van der Waals surface area contributed by atoms with Crippen molar-refractivity contribution in [1.29, 1.82) is 0 Å². The van der Waals surface area contributed by atoms with Crippen LogP contribution in [0.2, 0.25) is 0 Å². The zero-order valence-electron chi connectivity index (χ0n) is 14.4. The second kappa shape index (κ2) is 6.50. The highest BCUT2D eigenvalue weighted by molar-refractivity contribution is 6.39. The van der Waals surface area contributed by atoms with Gasteiger partial charge in [0.2, 0.25) is 5.95 Å². The van der Waals surface area contributed by atoms with E-state index in [1.807, 2.05) is 0 Å². The molecule has 0 aromatic carbocycles. The lowest BCUT2D eigenvalue weighted by molar-refractivity contribution is -0.142. The van der Waals surface area contributed by atoms with Gasteiger partial charge in [0.15, 0.2) is 0 Å². The van der Waals surface area contributed by atoms with Crippen molar-refractivity contribution >= 4 is 17.6 Å². The number of nitrogens with one attached hydrogen (secondary N) is 2. The highest BCUT2D eigenvalue weighted by Crippen LogP contribution is 2.15. The van der Waals surface area contributed by atoms with Crippen molar-refractivity contribution in [1.82, 2.24) is 24.6 Å². The third kappa shape index (κ3) is 3.30. The minimum Gasteiger partial charge on any atom is -0.334 e. The molecule has 132 valence electrons. The number of hydrogen-bond acceptors (Lipinski definition) is 5. The first-order valence-electron chi connectivity index (χ1n) is 8.11. The summed E-state index contributed by atoms with van der Waals surface area (Å²) in [6.07, 6.45) is 1.81. The lowest BCUT2D eigenvalue weighted by atomic mass is 10.3. The summed E-state index contributed by atoms with van der Waals surface area (Å²) in [4.78, 5) is 44.8. The van der Waals surface area contributed by atoms with E-state index in [9.17, 15) is 14.4 Å². The molecule has 2 N–H and O–H groups in total. The largest absolute Gasteiger partial charge is 0.334 e. The Morgan fingerprint density at radius 3 is 2.52 bits per heavy atom. The minimum atomic E-state index is -0.728. The number of likely N-dealkylation sites (tertiary alicyclic amines) is 1. The van der Waals surface area contributed by atoms with E-state index >= 15 is 0 Å². The number of amides is 2. The maximum atomic E-state index is 12.2. The average Bonchev–Trinajstić information content (AvgIpc) is 3.21. The third-order valence-corrected chi connectivity index (χ3v) is 4.24. The van der Waals surface area contributed by atoms with Gasteiger partial charge in [0.25, 0.3) is 5.56 Å². The molecule has 25 heavy (non-hydrogen) atoms. The van der Waals surface area contributed by atoms with E-state index in [4.69, 9.17) is 0 Å². The van der Waals surface area contributed by atoms with Crippen LogP contribution in [0.1, 0.15) is 29.8 Å². The van der Waals surface area contributed by atoms with Crippen molar-refractivity contribution < 1.29 is 9.59 Å². The Morgan fingerprint density at radius 1 is 1.20 bits per heavy atom. The highest BCUT2D eigenvalue weighted by atomic mass is 16.2. The zero-order valence-corrected chi connectivity index (χ0v) is 14.4. The van der Waals surface area contributed by atoms with Crippen LogP contribution in [0.3, 0.4) is 0 Å². The first-order valence-corrected chi connectivity index (χ1v) is 8.11. The van der Waals surface area contributed by atoms with Gasteiger partial charge < -0.3 is 10.2 Å². The van der Waals surface area contributed by atoms with Gasteiger partial charge in [0.1, 0.15) is 5.82 Å². The molecule has 2 amide bonds. The molecule has 0 atom stereocenters. The van der Waals surface area contributed by atoms with Crippen LogP contribution in [0.4, 0.5) is 5.82 Å². The van der Waals surface area contributed by atoms with Gasteiger partial charge in [-0.05, 0) is 33.6 Å². The zero-order chi connectivity index (χ0) is 18.1. The molecule has 3 rings (SSSR count). The Morgan fingerprint density at radius 2 is 1.88 bits per heavy atom. The van der Waals surface area contributed by atoms with E-state index < -0.39 is 11.8 Å². The number of aromatic amines is 1. The quantitative estimate of drug-likeness (QED) is 0.768. The summed E-state index contributed by atoms with van der Waals surface area (Å²) in [6, 6.07) is 1.62. The predicted molar refractivity (Wildman–Crippen MR) is 90.6 cm³/mol. The third-order valence-electron chi connectivity index (χ3n) is 4.24. The standard InChI is InChI=1S/C16H20N6O3/c1-9-8-12(18-14(24)15(25)21-6-4-5-7-21)22(20-9)16-17-11(3)10(2)13(23)19-16/h8H,4-7H2,1-3H3,(H,18,24)(H,17,19,23). The number of aryl methyl sites for hydroxylation is 2. The predicted octanol–water partition coefficient (Wildman–Crippen LogP) is 0.442. The number of H-pyrrole nitrogens is 1. The highest BCUT2D eigenvalue weighted by Gasteiger charge is 2.25. The van der Waals surface area contributed by atoms with E-state index in [1.54, 1.807) is 26.8 Å². The Labute approximate surface area is 144 Å². The molecule has 1 fully saturated rings. The molecule has 1 aliphatic heterocycles. The molecular formula is C16H20N6O3. The van der Waals surface area contributed by atoms with Gasteiger partial charge in [-0.3, -0.25) is 19.4 Å². The van der Waals surface area contributed by atoms with E-state index in [0.29, 0.717) is 30.0 Å². The lowest BCUT2D eigenvalue weighted by Gasteiger charge is -2.14. The topological polar surface area (TPSA) is 113 Å². The number of carbonyl (C=O) groups is 2. The number of nitrogens with zero attached hydrogens (tertiary/aromatic N) is 4. The summed E-state index contributed by atoms with van der Waals surface area (Å²) in [5.74, 6) is -0.828. The molecule has 9 heteroatoms. The van der Waals surface area contributed by atoms with Crippen LogP contribution in [0, 0.1) is 20.8 Å². The molecule has 2 aromatic rings. The van der Waals surface area contributed by atoms with Crippen LogP contribution in [0.25, 0.3) is 5.95 Å². The molecule has 0 spiro atoms. The van der Waals surface area contributed by atoms with Crippen LogP contribution >= 0.6 is 0 Å². The van der Waals surface area contributed by atoms with E-state index in [0.717, 1.165) is 12.8 Å². The second-order valence-electron chi connectivity index (χ2n) is 6.14. The molecule has 1 aliphatic rings.